The van der Waals surface area contributed by atoms with Gasteiger partial charge >= 0.3 is 5.76 Å². The van der Waals surface area contributed by atoms with Crippen molar-refractivity contribution < 1.29 is 9.32 Å². The highest BCUT2D eigenvalue weighted by Gasteiger charge is 2.17. The van der Waals surface area contributed by atoms with E-state index >= 15 is 0 Å². The van der Waals surface area contributed by atoms with Gasteiger partial charge in [0.2, 0.25) is 11.7 Å². The predicted octanol–water partition coefficient (Wildman–Crippen LogP) is 2.53. The summed E-state index contributed by atoms with van der Waals surface area (Å²) in [5.41, 5.74) is 2.30. The van der Waals surface area contributed by atoms with E-state index in [9.17, 15) is 9.59 Å². The standard InChI is InChI=1S/C20H21N5O3/c26-18(14-25-19(23-28-20(25)27)17-6-2-3-11-21-17)22-15-7-9-16(10-8-15)24-12-4-1-5-13-24/h2-3,6-11H,1,4-5,12-14H2,(H,22,26). The fraction of sp³-hybridized carbons (Fsp3) is 0.300. The summed E-state index contributed by atoms with van der Waals surface area (Å²) < 4.78 is 5.88. The van der Waals surface area contributed by atoms with Gasteiger partial charge in [-0.15, -0.1) is 0 Å². The van der Waals surface area contributed by atoms with Crippen molar-refractivity contribution >= 4 is 17.3 Å². The van der Waals surface area contributed by atoms with Gasteiger partial charge in [0.25, 0.3) is 0 Å². The van der Waals surface area contributed by atoms with Crippen molar-refractivity contribution in [3.8, 4) is 11.5 Å². The summed E-state index contributed by atoms with van der Waals surface area (Å²) in [6, 6.07) is 13.0. The maximum atomic E-state index is 12.4. The van der Waals surface area contributed by atoms with E-state index in [0.717, 1.165) is 18.8 Å². The van der Waals surface area contributed by atoms with Gasteiger partial charge in [0.05, 0.1) is 0 Å². The molecule has 3 aromatic rings. The van der Waals surface area contributed by atoms with Crippen LogP contribution in [-0.2, 0) is 11.3 Å². The van der Waals surface area contributed by atoms with Gasteiger partial charge in [0.15, 0.2) is 0 Å². The number of carbonyl (C=O) groups is 1. The van der Waals surface area contributed by atoms with Crippen molar-refractivity contribution in [2.75, 3.05) is 23.3 Å². The quantitative estimate of drug-likeness (QED) is 0.732. The predicted molar refractivity (Wildman–Crippen MR) is 105 cm³/mol. The van der Waals surface area contributed by atoms with Crippen LogP contribution in [0.3, 0.4) is 0 Å². The lowest BCUT2D eigenvalue weighted by Gasteiger charge is -2.28. The van der Waals surface area contributed by atoms with Crippen LogP contribution in [0.5, 0.6) is 0 Å². The lowest BCUT2D eigenvalue weighted by molar-refractivity contribution is -0.116. The minimum Gasteiger partial charge on any atom is -0.372 e. The zero-order valence-corrected chi connectivity index (χ0v) is 15.4. The Labute approximate surface area is 161 Å². The maximum absolute atomic E-state index is 12.4. The number of hydrogen-bond acceptors (Lipinski definition) is 6. The van der Waals surface area contributed by atoms with Crippen molar-refractivity contribution in [3.63, 3.8) is 0 Å². The molecule has 1 saturated heterocycles. The molecule has 0 spiro atoms. The Bertz CT molecular complexity index is 989. The third kappa shape index (κ3) is 3.95. The fourth-order valence-electron chi connectivity index (χ4n) is 3.34. The summed E-state index contributed by atoms with van der Waals surface area (Å²) >= 11 is 0. The molecule has 3 heterocycles. The monoisotopic (exact) mass is 379 g/mol. The van der Waals surface area contributed by atoms with E-state index in [4.69, 9.17) is 4.52 Å². The Morgan fingerprint density at radius 2 is 1.86 bits per heavy atom. The molecule has 8 nitrogen and oxygen atoms in total. The van der Waals surface area contributed by atoms with E-state index in [-0.39, 0.29) is 18.3 Å². The molecule has 0 atom stereocenters. The van der Waals surface area contributed by atoms with Crippen molar-refractivity contribution in [1.82, 2.24) is 14.7 Å². The van der Waals surface area contributed by atoms with Crippen LogP contribution in [0.4, 0.5) is 11.4 Å². The van der Waals surface area contributed by atoms with Crippen LogP contribution in [0.1, 0.15) is 19.3 Å². The van der Waals surface area contributed by atoms with E-state index in [1.807, 2.05) is 24.3 Å². The molecule has 1 N–H and O–H groups in total. The van der Waals surface area contributed by atoms with Gasteiger partial charge in [-0.1, -0.05) is 11.2 Å². The van der Waals surface area contributed by atoms with Crippen LogP contribution < -0.4 is 16.0 Å². The van der Waals surface area contributed by atoms with E-state index in [2.05, 4.69) is 20.4 Å². The second kappa shape index (κ2) is 8.08. The minimum absolute atomic E-state index is 0.206. The normalized spacial score (nSPS) is 14.1. The number of benzene rings is 1. The first kappa shape index (κ1) is 18.0. The summed E-state index contributed by atoms with van der Waals surface area (Å²) in [7, 11) is 0. The topological polar surface area (TPSA) is 93.3 Å². The van der Waals surface area contributed by atoms with Gasteiger partial charge in [-0.3, -0.25) is 14.3 Å². The second-order valence-corrected chi connectivity index (χ2v) is 6.72. The number of hydrogen-bond donors (Lipinski definition) is 1. The van der Waals surface area contributed by atoms with Gasteiger partial charge in [0.1, 0.15) is 12.2 Å². The first-order valence-electron chi connectivity index (χ1n) is 9.33. The first-order chi connectivity index (χ1) is 13.7. The average Bonchev–Trinajstić information content (AvgIpc) is 3.10. The van der Waals surface area contributed by atoms with Gasteiger partial charge in [-0.2, -0.15) is 0 Å². The van der Waals surface area contributed by atoms with Crippen LogP contribution in [0, 0.1) is 0 Å². The molecule has 1 amide bonds. The van der Waals surface area contributed by atoms with Crippen molar-refractivity contribution in [1.29, 1.82) is 0 Å². The molecule has 28 heavy (non-hydrogen) atoms. The van der Waals surface area contributed by atoms with E-state index in [0.29, 0.717) is 11.4 Å². The zero-order chi connectivity index (χ0) is 19.3. The molecule has 144 valence electrons. The molecule has 0 unspecified atom stereocenters. The van der Waals surface area contributed by atoms with Crippen LogP contribution in [0.25, 0.3) is 11.5 Å². The Balaban J connectivity index is 1.44. The molecule has 4 rings (SSSR count). The molecule has 1 aliphatic heterocycles. The average molecular weight is 379 g/mol. The molecule has 0 aliphatic carbocycles. The Morgan fingerprint density at radius 1 is 1.07 bits per heavy atom. The number of piperidine rings is 1. The molecule has 0 radical (unpaired) electrons. The molecule has 8 heteroatoms. The van der Waals surface area contributed by atoms with Gasteiger partial charge in [-0.05, 0) is 55.7 Å². The lowest BCUT2D eigenvalue weighted by atomic mass is 10.1. The second-order valence-electron chi connectivity index (χ2n) is 6.72. The Kier molecular flexibility index (Phi) is 5.18. The molecule has 0 saturated carbocycles. The van der Waals surface area contributed by atoms with Crippen LogP contribution in [0.2, 0.25) is 0 Å². The van der Waals surface area contributed by atoms with E-state index < -0.39 is 5.76 Å². The zero-order valence-electron chi connectivity index (χ0n) is 15.4. The number of pyridine rings is 1. The third-order valence-corrected chi connectivity index (χ3v) is 4.75. The SMILES string of the molecule is O=C(Cn1c(-c2ccccn2)noc1=O)Nc1ccc(N2CCCCC2)cc1. The van der Waals surface area contributed by atoms with Crippen molar-refractivity contribution in [2.24, 2.45) is 0 Å². The molecule has 1 aliphatic rings. The van der Waals surface area contributed by atoms with Crippen molar-refractivity contribution in [3.05, 3.63) is 59.2 Å². The third-order valence-electron chi connectivity index (χ3n) is 4.75. The highest BCUT2D eigenvalue weighted by molar-refractivity contribution is 5.91. The van der Waals surface area contributed by atoms with Crippen LogP contribution in [-0.4, -0.2) is 33.7 Å². The van der Waals surface area contributed by atoms with Gasteiger partial charge in [-0.25, -0.2) is 9.36 Å². The van der Waals surface area contributed by atoms with E-state index in [1.54, 1.807) is 24.4 Å². The fourth-order valence-corrected chi connectivity index (χ4v) is 3.34. The minimum atomic E-state index is -0.698. The van der Waals surface area contributed by atoms with Crippen molar-refractivity contribution in [2.45, 2.75) is 25.8 Å². The van der Waals surface area contributed by atoms with Gasteiger partial charge < -0.3 is 10.2 Å². The number of aromatic nitrogens is 3. The smallest absolute Gasteiger partial charge is 0.372 e. The highest BCUT2D eigenvalue weighted by atomic mass is 16.5. The molecular formula is C20H21N5O3. The Morgan fingerprint density at radius 3 is 2.57 bits per heavy atom. The molecule has 0 bridgehead atoms. The number of nitrogens with zero attached hydrogens (tertiary/aromatic N) is 4. The number of carbonyl (C=O) groups excluding carboxylic acids is 1. The molecule has 1 aromatic carbocycles. The number of nitrogens with one attached hydrogen (secondary N) is 1. The number of anilines is 2. The summed E-state index contributed by atoms with van der Waals surface area (Å²) in [5, 5.41) is 6.55. The first-order valence-corrected chi connectivity index (χ1v) is 9.33. The molecule has 2 aromatic heterocycles. The van der Waals surface area contributed by atoms with Crippen LogP contribution in [0.15, 0.2) is 58.0 Å². The highest BCUT2D eigenvalue weighted by Crippen LogP contribution is 2.22. The lowest BCUT2D eigenvalue weighted by Crippen LogP contribution is -2.29. The number of amides is 1. The maximum Gasteiger partial charge on any atom is 0.442 e. The molecule has 1 fully saturated rings. The summed E-state index contributed by atoms with van der Waals surface area (Å²) in [4.78, 5) is 30.9. The summed E-state index contributed by atoms with van der Waals surface area (Å²) in [6.45, 7) is 1.93. The summed E-state index contributed by atoms with van der Waals surface area (Å²) in [5.74, 6) is -0.814. The molecular weight excluding hydrogens is 358 g/mol. The number of rotatable bonds is 5. The van der Waals surface area contributed by atoms with Crippen LogP contribution >= 0.6 is 0 Å². The Hall–Kier alpha value is -3.42. The van der Waals surface area contributed by atoms with E-state index in [1.165, 1.54) is 23.8 Å². The summed E-state index contributed by atoms with van der Waals surface area (Å²) in [6.07, 6.45) is 5.30. The van der Waals surface area contributed by atoms with Gasteiger partial charge in [0, 0.05) is 30.7 Å². The largest absolute Gasteiger partial charge is 0.442 e.